The molecule has 0 amide bonds. The Morgan fingerprint density at radius 2 is 1.50 bits per heavy atom. The second-order valence-corrected chi connectivity index (χ2v) is 8.44. The normalized spacial score (nSPS) is 10.9. The van der Waals surface area contributed by atoms with Gasteiger partial charge in [-0.1, -0.05) is 18.7 Å². The molecular weight excluding hydrogens is 519 g/mol. The van der Waals surface area contributed by atoms with Crippen molar-refractivity contribution in [2.45, 2.75) is 34.1 Å². The van der Waals surface area contributed by atoms with E-state index in [9.17, 15) is 14.4 Å². The van der Waals surface area contributed by atoms with Crippen molar-refractivity contribution in [1.29, 1.82) is 0 Å². The van der Waals surface area contributed by atoms with E-state index in [1.54, 1.807) is 0 Å². The molecule has 2 aromatic carbocycles. The molecule has 0 radical (unpaired) electrons. The minimum absolute atomic E-state index is 0.221. The number of aldehydes is 1. The SMILES string of the molecule is C=CC(=O)OC.COC(=O)C1=Cc2cc(C)c(C)cc2C1.Cc1cc(I)c(C=O)cc1C. The van der Waals surface area contributed by atoms with Crippen LogP contribution in [0.15, 0.2) is 42.5 Å². The van der Waals surface area contributed by atoms with Gasteiger partial charge in [0.05, 0.1) is 14.2 Å². The first-order valence-corrected chi connectivity index (χ1v) is 11.0. The molecule has 170 valence electrons. The zero-order chi connectivity index (χ0) is 24.4. The Morgan fingerprint density at radius 1 is 0.938 bits per heavy atom. The van der Waals surface area contributed by atoms with Crippen LogP contribution in [0.25, 0.3) is 6.08 Å². The van der Waals surface area contributed by atoms with Gasteiger partial charge in [0.2, 0.25) is 0 Å². The highest BCUT2D eigenvalue weighted by Gasteiger charge is 2.19. The second-order valence-electron chi connectivity index (χ2n) is 7.28. The number of halogens is 1. The van der Waals surface area contributed by atoms with Crippen LogP contribution in [0.3, 0.4) is 0 Å². The maximum atomic E-state index is 11.4. The van der Waals surface area contributed by atoms with Gasteiger partial charge < -0.3 is 9.47 Å². The lowest BCUT2D eigenvalue weighted by molar-refractivity contribution is -0.136. The van der Waals surface area contributed by atoms with Crippen molar-refractivity contribution in [2.24, 2.45) is 0 Å². The highest BCUT2D eigenvalue weighted by atomic mass is 127. The van der Waals surface area contributed by atoms with Crippen molar-refractivity contribution in [3.05, 3.63) is 85.0 Å². The molecule has 0 heterocycles. The number of carbonyl (C=O) groups is 3. The largest absolute Gasteiger partial charge is 0.466 e. The molecule has 0 unspecified atom stereocenters. The Balaban J connectivity index is 0.000000265. The summed E-state index contributed by atoms with van der Waals surface area (Å²) in [5.41, 5.74) is 8.85. The molecule has 0 fully saturated rings. The van der Waals surface area contributed by atoms with Crippen molar-refractivity contribution < 1.29 is 23.9 Å². The van der Waals surface area contributed by atoms with Crippen LogP contribution in [0.1, 0.15) is 43.7 Å². The lowest BCUT2D eigenvalue weighted by Crippen LogP contribution is -2.04. The summed E-state index contributed by atoms with van der Waals surface area (Å²) in [6.07, 6.45) is 4.63. The van der Waals surface area contributed by atoms with Crippen LogP contribution in [0.5, 0.6) is 0 Å². The summed E-state index contributed by atoms with van der Waals surface area (Å²) in [7, 11) is 2.73. The van der Waals surface area contributed by atoms with E-state index in [0.717, 1.165) is 32.6 Å². The van der Waals surface area contributed by atoms with E-state index >= 15 is 0 Å². The van der Waals surface area contributed by atoms with E-state index in [0.29, 0.717) is 6.42 Å². The van der Waals surface area contributed by atoms with Crippen LogP contribution >= 0.6 is 22.6 Å². The number of hydrogen-bond acceptors (Lipinski definition) is 5. The van der Waals surface area contributed by atoms with E-state index in [2.05, 4.69) is 59.9 Å². The molecule has 0 N–H and O–H groups in total. The molecule has 0 saturated carbocycles. The Hall–Kier alpha value is -2.74. The minimum Gasteiger partial charge on any atom is -0.466 e. The van der Waals surface area contributed by atoms with Gasteiger partial charge in [-0.3, -0.25) is 4.79 Å². The molecule has 0 saturated heterocycles. The van der Waals surface area contributed by atoms with Crippen LogP contribution in [0, 0.1) is 31.3 Å². The third-order valence-electron chi connectivity index (χ3n) is 5.02. The fourth-order valence-corrected chi connectivity index (χ4v) is 3.62. The van der Waals surface area contributed by atoms with Gasteiger partial charge in [-0.2, -0.15) is 0 Å². The van der Waals surface area contributed by atoms with Crippen molar-refractivity contribution in [2.75, 3.05) is 14.2 Å². The van der Waals surface area contributed by atoms with Crippen LogP contribution < -0.4 is 0 Å². The lowest BCUT2D eigenvalue weighted by Gasteiger charge is -2.04. The van der Waals surface area contributed by atoms with Crippen LogP contribution in [-0.2, 0) is 25.5 Å². The number of benzene rings is 2. The number of fused-ring (bicyclic) bond motifs is 1. The first-order valence-electron chi connectivity index (χ1n) is 9.89. The molecule has 0 aliphatic heterocycles. The van der Waals surface area contributed by atoms with E-state index in [4.69, 9.17) is 4.74 Å². The van der Waals surface area contributed by atoms with E-state index in [-0.39, 0.29) is 5.97 Å². The monoisotopic (exact) mass is 548 g/mol. The summed E-state index contributed by atoms with van der Waals surface area (Å²) in [5, 5.41) is 0. The van der Waals surface area contributed by atoms with Gasteiger partial charge in [0.25, 0.3) is 0 Å². The maximum Gasteiger partial charge on any atom is 0.334 e. The Morgan fingerprint density at radius 3 is 2.00 bits per heavy atom. The summed E-state index contributed by atoms with van der Waals surface area (Å²) >= 11 is 2.17. The summed E-state index contributed by atoms with van der Waals surface area (Å²) in [6.45, 7) is 11.4. The zero-order valence-corrected chi connectivity index (χ0v) is 21.5. The standard InChI is InChI=1S/C13H14O2.C9H9IO.C4H6O2/c1-8-4-10-6-12(13(14)15-3)7-11(10)5-9(8)2;1-6-3-8(5-11)9(10)4-7(6)2;1-3-4(5)6-2/h4-6H,7H2,1-3H3;3-5H,1-2H3;3H,1H2,2H3. The van der Waals surface area contributed by atoms with Gasteiger partial charge in [-0.05, 0) is 102 Å². The highest BCUT2D eigenvalue weighted by Crippen LogP contribution is 2.28. The summed E-state index contributed by atoms with van der Waals surface area (Å²) in [5.74, 6) is -0.614. The van der Waals surface area contributed by atoms with Gasteiger partial charge in [0.15, 0.2) is 6.29 Å². The third kappa shape index (κ3) is 7.75. The Bertz CT molecular complexity index is 1050. The quantitative estimate of drug-likeness (QED) is 0.220. The average Bonchev–Trinajstić information content (AvgIpc) is 3.18. The van der Waals surface area contributed by atoms with Gasteiger partial charge in [-0.15, -0.1) is 0 Å². The number of hydrogen-bond donors (Lipinski definition) is 0. The van der Waals surface area contributed by atoms with Gasteiger partial charge >= 0.3 is 11.9 Å². The molecule has 2 aromatic rings. The number of methoxy groups -OCH3 is 2. The molecule has 0 aromatic heterocycles. The van der Waals surface area contributed by atoms with E-state index in [1.165, 1.54) is 42.0 Å². The number of ether oxygens (including phenoxy) is 2. The Labute approximate surface area is 203 Å². The van der Waals surface area contributed by atoms with Crippen LogP contribution in [0.2, 0.25) is 0 Å². The molecule has 0 atom stereocenters. The zero-order valence-electron chi connectivity index (χ0n) is 19.4. The molecule has 32 heavy (non-hydrogen) atoms. The van der Waals surface area contributed by atoms with Crippen molar-refractivity contribution in [3.63, 3.8) is 0 Å². The van der Waals surface area contributed by atoms with Crippen molar-refractivity contribution >= 4 is 46.9 Å². The van der Waals surface area contributed by atoms with Crippen molar-refractivity contribution in [1.82, 2.24) is 0 Å². The van der Waals surface area contributed by atoms with E-state index in [1.807, 2.05) is 32.1 Å². The molecule has 3 rings (SSSR count). The third-order valence-corrected chi connectivity index (χ3v) is 5.96. The number of rotatable bonds is 3. The molecule has 0 bridgehead atoms. The molecular formula is C26H29IO5. The number of carbonyl (C=O) groups excluding carboxylic acids is 3. The van der Waals surface area contributed by atoms with Crippen molar-refractivity contribution in [3.8, 4) is 0 Å². The number of aryl methyl sites for hydroxylation is 4. The molecule has 1 aliphatic carbocycles. The average molecular weight is 548 g/mol. The lowest BCUT2D eigenvalue weighted by atomic mass is 10.0. The molecule has 6 heteroatoms. The smallest absolute Gasteiger partial charge is 0.334 e. The van der Waals surface area contributed by atoms with Crippen LogP contribution in [-0.4, -0.2) is 32.4 Å². The summed E-state index contributed by atoms with van der Waals surface area (Å²) in [6, 6.07) is 8.22. The summed E-state index contributed by atoms with van der Waals surface area (Å²) in [4.78, 5) is 31.7. The molecule has 5 nitrogen and oxygen atoms in total. The predicted molar refractivity (Wildman–Crippen MR) is 136 cm³/mol. The van der Waals surface area contributed by atoms with Gasteiger partial charge in [0, 0.05) is 27.2 Å². The number of esters is 2. The highest BCUT2D eigenvalue weighted by molar-refractivity contribution is 14.1. The first kappa shape index (κ1) is 27.3. The van der Waals surface area contributed by atoms with Gasteiger partial charge in [-0.25, -0.2) is 9.59 Å². The van der Waals surface area contributed by atoms with Gasteiger partial charge in [0.1, 0.15) is 0 Å². The summed E-state index contributed by atoms with van der Waals surface area (Å²) < 4.78 is 9.89. The van der Waals surface area contributed by atoms with Crippen LogP contribution in [0.4, 0.5) is 0 Å². The molecule has 1 aliphatic rings. The minimum atomic E-state index is -0.394. The fourth-order valence-electron chi connectivity index (χ4n) is 2.87. The van der Waals surface area contributed by atoms with E-state index < -0.39 is 5.97 Å². The maximum absolute atomic E-state index is 11.4. The first-order chi connectivity index (χ1) is 15.1. The Kier molecular flexibility index (Phi) is 11.1. The second kappa shape index (κ2) is 13.0. The molecule has 0 spiro atoms. The topological polar surface area (TPSA) is 69.7 Å². The fraction of sp³-hybridized carbons (Fsp3) is 0.269. The predicted octanol–water partition coefficient (Wildman–Crippen LogP) is 5.48.